The van der Waals surface area contributed by atoms with Gasteiger partial charge in [-0.2, -0.15) is 5.10 Å². The number of aliphatic carboxylic acids is 1. The Balaban J connectivity index is 2.03. The molecule has 1 aromatic heterocycles. The Labute approximate surface area is 108 Å². The Morgan fingerprint density at radius 1 is 1.42 bits per heavy atom. The van der Waals surface area contributed by atoms with Crippen molar-refractivity contribution in [2.45, 2.75) is 6.10 Å². The molecule has 1 aliphatic heterocycles. The summed E-state index contributed by atoms with van der Waals surface area (Å²) in [7, 11) is 0. The number of aliphatic hydroxyl groups is 1. The molecule has 1 unspecified atom stereocenters. The van der Waals surface area contributed by atoms with Crippen molar-refractivity contribution in [3.05, 3.63) is 54.1 Å². The van der Waals surface area contributed by atoms with Crippen LogP contribution >= 0.6 is 0 Å². The lowest BCUT2D eigenvalue weighted by Gasteiger charge is -2.20. The normalized spacial score (nSPS) is 17.3. The number of nitrogens with zero attached hydrogens (tertiary/aromatic N) is 2. The van der Waals surface area contributed by atoms with Crippen LogP contribution in [0.2, 0.25) is 0 Å². The van der Waals surface area contributed by atoms with Gasteiger partial charge in [-0.1, -0.05) is 6.07 Å². The fourth-order valence-electron chi connectivity index (χ4n) is 1.92. The second kappa shape index (κ2) is 4.25. The molecular formula is C13H10N2O4. The van der Waals surface area contributed by atoms with E-state index in [2.05, 4.69) is 5.10 Å². The molecule has 0 saturated carbocycles. The van der Waals surface area contributed by atoms with E-state index in [1.165, 1.54) is 0 Å². The third-order valence-electron chi connectivity index (χ3n) is 2.82. The Bertz CT molecular complexity index is 661. The maximum atomic E-state index is 10.9. The number of carboxylic acids is 1. The number of rotatable bonds is 2. The average molecular weight is 258 g/mol. The minimum Gasteiger partial charge on any atom is -0.475 e. The van der Waals surface area contributed by atoms with Crippen LogP contribution in [0.15, 0.2) is 48.5 Å². The molecule has 1 aliphatic rings. The molecule has 0 aliphatic carbocycles. The Morgan fingerprint density at radius 3 is 2.95 bits per heavy atom. The van der Waals surface area contributed by atoms with Gasteiger partial charge in [0, 0.05) is 24.0 Å². The number of fused-ring (bicyclic) bond motifs is 1. The van der Waals surface area contributed by atoms with E-state index in [4.69, 9.17) is 9.84 Å². The van der Waals surface area contributed by atoms with Crippen molar-refractivity contribution >= 4 is 5.97 Å². The number of aliphatic hydroxyl groups excluding tert-OH is 1. The number of carboxylic acid groups (broad SMARTS) is 1. The van der Waals surface area contributed by atoms with Crippen LogP contribution in [-0.2, 0) is 4.79 Å². The number of hydrogen-bond donors (Lipinski definition) is 2. The van der Waals surface area contributed by atoms with Crippen LogP contribution in [0.4, 0.5) is 0 Å². The third-order valence-corrected chi connectivity index (χ3v) is 2.82. The zero-order valence-electron chi connectivity index (χ0n) is 9.72. The molecule has 2 aromatic rings. The van der Waals surface area contributed by atoms with Gasteiger partial charge in [0.25, 0.3) is 0 Å². The summed E-state index contributed by atoms with van der Waals surface area (Å²) in [5.74, 6) is -1.17. The van der Waals surface area contributed by atoms with Crippen molar-refractivity contribution in [2.24, 2.45) is 0 Å². The van der Waals surface area contributed by atoms with Crippen molar-refractivity contribution in [2.75, 3.05) is 0 Å². The fourth-order valence-corrected chi connectivity index (χ4v) is 1.92. The summed E-state index contributed by atoms with van der Waals surface area (Å²) in [5, 5.41) is 22.8. The van der Waals surface area contributed by atoms with Gasteiger partial charge in [0.05, 0.1) is 5.69 Å². The molecule has 0 bridgehead atoms. The third kappa shape index (κ3) is 1.98. The van der Waals surface area contributed by atoms with Crippen LogP contribution in [-0.4, -0.2) is 26.0 Å². The predicted octanol–water partition coefficient (Wildman–Crippen LogP) is 1.27. The molecule has 2 heterocycles. The molecule has 6 nitrogen and oxygen atoms in total. The standard InChI is InChI=1S/C13H10N2O4/c16-10-7-12(13(17)18)19-11-6-8(2-3-9(10)11)15-5-1-4-14-15/h1-7,10,16H,(H,17,18). The van der Waals surface area contributed by atoms with E-state index in [1.54, 1.807) is 41.3 Å². The Morgan fingerprint density at radius 2 is 2.26 bits per heavy atom. The molecule has 0 amide bonds. The van der Waals surface area contributed by atoms with E-state index in [-0.39, 0.29) is 5.76 Å². The predicted molar refractivity (Wildman–Crippen MR) is 64.9 cm³/mol. The first-order valence-corrected chi connectivity index (χ1v) is 5.60. The Kier molecular flexibility index (Phi) is 2.57. The van der Waals surface area contributed by atoms with Crippen molar-refractivity contribution < 1.29 is 19.7 Å². The van der Waals surface area contributed by atoms with E-state index in [0.29, 0.717) is 11.3 Å². The zero-order valence-corrected chi connectivity index (χ0v) is 9.72. The number of benzene rings is 1. The second-order valence-electron chi connectivity index (χ2n) is 4.06. The maximum Gasteiger partial charge on any atom is 0.371 e. The maximum absolute atomic E-state index is 10.9. The second-order valence-corrected chi connectivity index (χ2v) is 4.06. The van der Waals surface area contributed by atoms with Crippen molar-refractivity contribution in [3.8, 4) is 11.4 Å². The molecule has 0 saturated heterocycles. The van der Waals surface area contributed by atoms with Crippen LogP contribution in [0.3, 0.4) is 0 Å². The van der Waals surface area contributed by atoms with Crippen molar-refractivity contribution in [1.82, 2.24) is 9.78 Å². The van der Waals surface area contributed by atoms with Gasteiger partial charge in [0.2, 0.25) is 5.76 Å². The van der Waals surface area contributed by atoms with E-state index >= 15 is 0 Å². The Hall–Kier alpha value is -2.60. The van der Waals surface area contributed by atoms with E-state index in [1.807, 2.05) is 0 Å². The van der Waals surface area contributed by atoms with Gasteiger partial charge >= 0.3 is 5.97 Å². The summed E-state index contributed by atoms with van der Waals surface area (Å²) in [6, 6.07) is 6.88. The molecular weight excluding hydrogens is 248 g/mol. The minimum atomic E-state index is -1.21. The van der Waals surface area contributed by atoms with Gasteiger partial charge in [0.1, 0.15) is 11.9 Å². The molecule has 96 valence electrons. The highest BCUT2D eigenvalue weighted by atomic mass is 16.5. The summed E-state index contributed by atoms with van der Waals surface area (Å²) >= 11 is 0. The van der Waals surface area contributed by atoms with Gasteiger partial charge in [-0.3, -0.25) is 0 Å². The lowest BCUT2D eigenvalue weighted by Crippen LogP contribution is -2.16. The summed E-state index contributed by atoms with van der Waals surface area (Å²) in [4.78, 5) is 10.9. The average Bonchev–Trinajstić information content (AvgIpc) is 2.91. The summed E-state index contributed by atoms with van der Waals surface area (Å²) in [6.45, 7) is 0. The lowest BCUT2D eigenvalue weighted by molar-refractivity contribution is -0.135. The highest BCUT2D eigenvalue weighted by molar-refractivity contribution is 5.85. The van der Waals surface area contributed by atoms with Crippen molar-refractivity contribution in [1.29, 1.82) is 0 Å². The largest absolute Gasteiger partial charge is 0.475 e. The smallest absolute Gasteiger partial charge is 0.371 e. The molecule has 0 fully saturated rings. The van der Waals surface area contributed by atoms with Crippen molar-refractivity contribution in [3.63, 3.8) is 0 Å². The van der Waals surface area contributed by atoms with E-state index < -0.39 is 12.1 Å². The first-order chi connectivity index (χ1) is 9.15. The summed E-state index contributed by atoms with van der Waals surface area (Å²) in [6.07, 6.45) is 3.58. The quantitative estimate of drug-likeness (QED) is 0.847. The van der Waals surface area contributed by atoms with E-state index in [9.17, 15) is 9.90 Å². The van der Waals surface area contributed by atoms with E-state index in [0.717, 1.165) is 11.8 Å². The number of ether oxygens (including phenoxy) is 1. The summed E-state index contributed by atoms with van der Waals surface area (Å²) in [5.41, 5.74) is 1.25. The number of carbonyl (C=O) groups is 1. The highest BCUT2D eigenvalue weighted by Crippen LogP contribution is 2.34. The molecule has 0 spiro atoms. The van der Waals surface area contributed by atoms with Gasteiger partial charge in [-0.05, 0) is 18.2 Å². The molecule has 6 heteroatoms. The molecule has 3 rings (SSSR count). The van der Waals surface area contributed by atoms with Crippen LogP contribution in [0.25, 0.3) is 5.69 Å². The van der Waals surface area contributed by atoms with Gasteiger partial charge < -0.3 is 14.9 Å². The fraction of sp³-hybridized carbons (Fsp3) is 0.0769. The monoisotopic (exact) mass is 258 g/mol. The van der Waals surface area contributed by atoms with Gasteiger partial charge in [-0.15, -0.1) is 0 Å². The van der Waals surface area contributed by atoms with Crippen LogP contribution in [0.1, 0.15) is 11.7 Å². The molecule has 2 N–H and O–H groups in total. The molecule has 1 aromatic carbocycles. The molecule has 0 radical (unpaired) electrons. The topological polar surface area (TPSA) is 84.6 Å². The number of aromatic nitrogens is 2. The van der Waals surface area contributed by atoms with Crippen LogP contribution < -0.4 is 4.74 Å². The minimum absolute atomic E-state index is 0.280. The SMILES string of the molecule is O=C(O)C1=CC(O)c2ccc(-n3cccn3)cc2O1. The van der Waals surface area contributed by atoms with Crippen LogP contribution in [0, 0.1) is 0 Å². The first-order valence-electron chi connectivity index (χ1n) is 5.60. The first kappa shape index (κ1) is 11.5. The molecule has 19 heavy (non-hydrogen) atoms. The zero-order chi connectivity index (χ0) is 13.4. The molecule has 1 atom stereocenters. The van der Waals surface area contributed by atoms with Gasteiger partial charge in [-0.25, -0.2) is 9.48 Å². The number of hydrogen-bond acceptors (Lipinski definition) is 4. The van der Waals surface area contributed by atoms with Gasteiger partial charge in [0.15, 0.2) is 0 Å². The summed E-state index contributed by atoms with van der Waals surface area (Å²) < 4.78 is 6.88. The highest BCUT2D eigenvalue weighted by Gasteiger charge is 2.24. The van der Waals surface area contributed by atoms with Crippen LogP contribution in [0.5, 0.6) is 5.75 Å². The lowest BCUT2D eigenvalue weighted by atomic mass is 10.0.